The summed E-state index contributed by atoms with van der Waals surface area (Å²) >= 11 is 6.10. The maximum Gasteiger partial charge on any atom is 0.403 e. The highest BCUT2D eigenvalue weighted by atomic mass is 35.5. The fourth-order valence-corrected chi connectivity index (χ4v) is 3.77. The summed E-state index contributed by atoms with van der Waals surface area (Å²) in [5, 5.41) is 12.2. The molecule has 1 aromatic rings. The molecule has 2 aliphatic heterocycles. The van der Waals surface area contributed by atoms with Crippen LogP contribution < -0.4 is 21.7 Å². The standard InChI is InChI=1S/C17H27ClF3N7O2/c1-27(2)3-4-30-11-5-12(17(19,20)21)23-7-10(11)25-16(29)13-14(22)26-28-8-9(18)6-24-15(13)28/h9-12,23-24H,3-8H2,1-2H3,(H2,22,26)(H,25,29). The van der Waals surface area contributed by atoms with E-state index in [0.717, 1.165) is 0 Å². The lowest BCUT2D eigenvalue weighted by Crippen LogP contribution is -2.61. The van der Waals surface area contributed by atoms with Gasteiger partial charge in [-0.1, -0.05) is 0 Å². The summed E-state index contributed by atoms with van der Waals surface area (Å²) in [5.74, 6) is -0.0422. The van der Waals surface area contributed by atoms with Crippen molar-refractivity contribution in [2.45, 2.75) is 42.7 Å². The number of nitrogens with zero attached hydrogens (tertiary/aromatic N) is 3. The molecule has 1 aromatic heterocycles. The number of aromatic nitrogens is 2. The molecular formula is C17H27ClF3N7O2. The predicted molar refractivity (Wildman–Crippen MR) is 107 cm³/mol. The lowest BCUT2D eigenvalue weighted by atomic mass is 9.96. The monoisotopic (exact) mass is 453 g/mol. The first-order chi connectivity index (χ1) is 14.1. The number of fused-ring (bicyclic) bond motifs is 1. The molecule has 3 heterocycles. The first kappa shape index (κ1) is 22.9. The van der Waals surface area contributed by atoms with Gasteiger partial charge >= 0.3 is 6.18 Å². The van der Waals surface area contributed by atoms with Crippen LogP contribution in [0.5, 0.6) is 0 Å². The first-order valence-electron chi connectivity index (χ1n) is 9.67. The molecule has 0 aliphatic carbocycles. The number of hydrogen-bond acceptors (Lipinski definition) is 7. The number of rotatable bonds is 6. The van der Waals surface area contributed by atoms with Crippen LogP contribution in [0.2, 0.25) is 0 Å². The highest BCUT2D eigenvalue weighted by molar-refractivity contribution is 6.21. The SMILES string of the molecule is CN(C)CCOC1CC(C(F)(F)F)NCC1NC(=O)c1c(N)nn2c1NCC(Cl)C2. The van der Waals surface area contributed by atoms with Crippen LogP contribution in [0.4, 0.5) is 24.8 Å². The van der Waals surface area contributed by atoms with Crippen molar-refractivity contribution in [1.82, 2.24) is 25.3 Å². The molecule has 30 heavy (non-hydrogen) atoms. The average Bonchev–Trinajstić information content (AvgIpc) is 2.96. The fourth-order valence-electron chi connectivity index (χ4n) is 3.56. The number of anilines is 2. The van der Waals surface area contributed by atoms with Gasteiger partial charge in [-0.05, 0) is 20.5 Å². The maximum absolute atomic E-state index is 13.2. The lowest BCUT2D eigenvalue weighted by molar-refractivity contribution is -0.172. The van der Waals surface area contributed by atoms with E-state index in [1.54, 1.807) is 0 Å². The number of nitrogen functional groups attached to an aromatic ring is 1. The van der Waals surface area contributed by atoms with E-state index in [4.69, 9.17) is 22.1 Å². The van der Waals surface area contributed by atoms with Gasteiger partial charge in [-0.3, -0.25) is 4.79 Å². The summed E-state index contributed by atoms with van der Waals surface area (Å²) in [4.78, 5) is 14.8. The Hall–Kier alpha value is -1.76. The summed E-state index contributed by atoms with van der Waals surface area (Å²) in [6, 6.07) is -2.34. The summed E-state index contributed by atoms with van der Waals surface area (Å²) < 4.78 is 46.8. The van der Waals surface area contributed by atoms with Crippen LogP contribution in [0.1, 0.15) is 16.8 Å². The van der Waals surface area contributed by atoms with Gasteiger partial charge < -0.3 is 31.3 Å². The predicted octanol–water partition coefficient (Wildman–Crippen LogP) is 0.468. The Labute approximate surface area is 177 Å². The van der Waals surface area contributed by atoms with Crippen molar-refractivity contribution in [3.8, 4) is 0 Å². The van der Waals surface area contributed by atoms with E-state index < -0.39 is 30.3 Å². The molecule has 0 spiro atoms. The Morgan fingerprint density at radius 3 is 2.83 bits per heavy atom. The van der Waals surface area contributed by atoms with Gasteiger partial charge in [0, 0.05) is 19.6 Å². The minimum Gasteiger partial charge on any atom is -0.381 e. The fraction of sp³-hybridized carbons (Fsp3) is 0.765. The highest BCUT2D eigenvalue weighted by Crippen LogP contribution is 2.29. The van der Waals surface area contributed by atoms with Gasteiger partial charge in [-0.15, -0.1) is 11.6 Å². The van der Waals surface area contributed by atoms with Crippen LogP contribution in [0.25, 0.3) is 0 Å². The summed E-state index contributed by atoms with van der Waals surface area (Å²) in [7, 11) is 3.68. The lowest BCUT2D eigenvalue weighted by Gasteiger charge is -2.38. The quantitative estimate of drug-likeness (QED) is 0.463. The van der Waals surface area contributed by atoms with E-state index in [0.29, 0.717) is 25.5 Å². The van der Waals surface area contributed by atoms with E-state index in [2.05, 4.69) is 21.0 Å². The molecule has 0 aromatic carbocycles. The molecule has 0 radical (unpaired) electrons. The minimum absolute atomic E-state index is 0.0304. The van der Waals surface area contributed by atoms with Crippen LogP contribution >= 0.6 is 11.6 Å². The Balaban J connectivity index is 1.72. The smallest absolute Gasteiger partial charge is 0.381 e. The van der Waals surface area contributed by atoms with Gasteiger partial charge in [0.2, 0.25) is 0 Å². The average molecular weight is 454 g/mol. The molecule has 170 valence electrons. The van der Waals surface area contributed by atoms with Crippen molar-refractivity contribution >= 4 is 29.1 Å². The molecule has 5 N–H and O–H groups in total. The maximum atomic E-state index is 13.2. The van der Waals surface area contributed by atoms with Crippen molar-refractivity contribution in [3.05, 3.63) is 5.56 Å². The molecule has 1 amide bonds. The third-order valence-corrected chi connectivity index (χ3v) is 5.44. The number of nitrogens with two attached hydrogens (primary N) is 1. The molecular weight excluding hydrogens is 427 g/mol. The van der Waals surface area contributed by atoms with Crippen LogP contribution in [0, 0.1) is 0 Å². The van der Waals surface area contributed by atoms with Crippen molar-refractivity contribution in [3.63, 3.8) is 0 Å². The molecule has 13 heteroatoms. The number of likely N-dealkylation sites (N-methyl/N-ethyl adjacent to an activating group) is 1. The van der Waals surface area contributed by atoms with Crippen LogP contribution in [-0.2, 0) is 11.3 Å². The zero-order valence-electron chi connectivity index (χ0n) is 16.8. The van der Waals surface area contributed by atoms with Gasteiger partial charge in [-0.2, -0.15) is 18.3 Å². The van der Waals surface area contributed by atoms with Gasteiger partial charge in [-0.25, -0.2) is 4.68 Å². The highest BCUT2D eigenvalue weighted by Gasteiger charge is 2.46. The van der Waals surface area contributed by atoms with Crippen molar-refractivity contribution in [2.24, 2.45) is 0 Å². The van der Waals surface area contributed by atoms with Crippen molar-refractivity contribution < 1.29 is 22.7 Å². The van der Waals surface area contributed by atoms with Crippen LogP contribution in [0.3, 0.4) is 0 Å². The third kappa shape index (κ3) is 5.29. The summed E-state index contributed by atoms with van der Waals surface area (Å²) in [5.41, 5.74) is 6.08. The van der Waals surface area contributed by atoms with Crippen molar-refractivity contribution in [1.29, 1.82) is 0 Å². The minimum atomic E-state index is -4.39. The number of piperidine rings is 1. The first-order valence-corrected chi connectivity index (χ1v) is 10.1. The molecule has 0 saturated carbocycles. The van der Waals surface area contributed by atoms with E-state index >= 15 is 0 Å². The van der Waals surface area contributed by atoms with E-state index in [1.807, 2.05) is 19.0 Å². The third-order valence-electron chi connectivity index (χ3n) is 5.15. The normalized spacial score (nSPS) is 26.9. The Bertz CT molecular complexity index is 758. The molecule has 2 aliphatic rings. The van der Waals surface area contributed by atoms with E-state index in [-0.39, 0.29) is 36.3 Å². The van der Waals surface area contributed by atoms with Gasteiger partial charge in [0.25, 0.3) is 5.91 Å². The number of nitrogens with one attached hydrogen (secondary N) is 3. The van der Waals surface area contributed by atoms with Gasteiger partial charge in [0.15, 0.2) is 5.82 Å². The molecule has 1 saturated heterocycles. The number of carbonyl (C=O) groups excluding carboxylic acids is 1. The number of alkyl halides is 4. The zero-order chi connectivity index (χ0) is 22.1. The number of hydrogen-bond donors (Lipinski definition) is 4. The van der Waals surface area contributed by atoms with Crippen molar-refractivity contribution in [2.75, 3.05) is 51.4 Å². The zero-order valence-corrected chi connectivity index (χ0v) is 17.6. The van der Waals surface area contributed by atoms with Crippen LogP contribution in [-0.4, -0.2) is 90.7 Å². The molecule has 9 nitrogen and oxygen atoms in total. The number of carbonyl (C=O) groups is 1. The molecule has 3 rings (SSSR count). The van der Waals surface area contributed by atoms with Gasteiger partial charge in [0.05, 0.1) is 30.7 Å². The molecule has 4 atom stereocenters. The number of amides is 1. The van der Waals surface area contributed by atoms with Gasteiger partial charge in [0.1, 0.15) is 17.4 Å². The largest absolute Gasteiger partial charge is 0.403 e. The molecule has 1 fully saturated rings. The van der Waals surface area contributed by atoms with E-state index in [1.165, 1.54) is 4.68 Å². The van der Waals surface area contributed by atoms with E-state index in [9.17, 15) is 18.0 Å². The second kappa shape index (κ2) is 9.16. The Kier molecular flexibility index (Phi) is 7.00. The molecule has 4 unspecified atom stereocenters. The van der Waals surface area contributed by atoms with Crippen LogP contribution in [0.15, 0.2) is 0 Å². The number of halogens is 4. The second-order valence-electron chi connectivity index (χ2n) is 7.80. The Morgan fingerprint density at radius 1 is 1.43 bits per heavy atom. The molecule has 0 bridgehead atoms. The topological polar surface area (TPSA) is 109 Å². The summed E-state index contributed by atoms with van der Waals surface area (Å²) in [6.45, 7) is 1.56. The Morgan fingerprint density at radius 2 is 2.17 bits per heavy atom. The number of ether oxygens (including phenoxy) is 1. The summed E-state index contributed by atoms with van der Waals surface area (Å²) in [6.07, 6.45) is -5.49. The second-order valence-corrected chi connectivity index (χ2v) is 8.42.